The zero-order chi connectivity index (χ0) is 21.5. The van der Waals surface area contributed by atoms with Gasteiger partial charge in [0.05, 0.1) is 21.8 Å². The van der Waals surface area contributed by atoms with Crippen molar-refractivity contribution in [3.63, 3.8) is 0 Å². The topological polar surface area (TPSA) is 59.0 Å². The summed E-state index contributed by atoms with van der Waals surface area (Å²) in [7, 11) is 0. The molecule has 2 atom stereocenters. The molecule has 0 radical (unpaired) electrons. The number of halogens is 3. The van der Waals surface area contributed by atoms with E-state index < -0.39 is 11.6 Å². The van der Waals surface area contributed by atoms with Crippen LogP contribution in [-0.2, 0) is 13.0 Å². The molecule has 4 heterocycles. The number of hydrogen-bond acceptors (Lipinski definition) is 4. The highest BCUT2D eigenvalue weighted by molar-refractivity contribution is 7.14. The first-order valence-corrected chi connectivity index (χ1v) is 11.5. The van der Waals surface area contributed by atoms with Crippen molar-refractivity contribution in [1.82, 2.24) is 20.4 Å². The SMILES string of the molecule is O=C(N[C@@H]1CNCC[C@H]1c1ccc(F)c(F)c1)c1cc2c(s1)CCCn1ncc(Cl)c1-2. The number of aromatic nitrogens is 2. The molecule has 162 valence electrons. The van der Waals surface area contributed by atoms with Crippen LogP contribution in [0.1, 0.15) is 38.9 Å². The Labute approximate surface area is 187 Å². The van der Waals surface area contributed by atoms with Crippen LogP contribution in [0.4, 0.5) is 8.78 Å². The molecule has 1 aromatic carbocycles. The first-order chi connectivity index (χ1) is 15.0. The summed E-state index contributed by atoms with van der Waals surface area (Å²) in [4.78, 5) is 14.9. The number of carbonyl (C=O) groups is 1. The van der Waals surface area contributed by atoms with Gasteiger partial charge in [-0.05, 0) is 49.6 Å². The summed E-state index contributed by atoms with van der Waals surface area (Å²) in [5, 5.41) is 11.3. The Bertz CT molecular complexity index is 1140. The van der Waals surface area contributed by atoms with E-state index in [0.29, 0.717) is 22.0 Å². The average molecular weight is 463 g/mol. The number of piperidine rings is 1. The Morgan fingerprint density at radius 2 is 2.16 bits per heavy atom. The van der Waals surface area contributed by atoms with Gasteiger partial charge in [-0.3, -0.25) is 9.48 Å². The Balaban J connectivity index is 1.40. The summed E-state index contributed by atoms with van der Waals surface area (Å²) in [6.45, 7) is 2.12. The normalized spacial score (nSPS) is 20.6. The predicted molar refractivity (Wildman–Crippen MR) is 117 cm³/mol. The third-order valence-corrected chi connectivity index (χ3v) is 7.50. The number of carbonyl (C=O) groups excluding carboxylic acids is 1. The molecule has 2 N–H and O–H groups in total. The second kappa shape index (κ2) is 8.33. The molecule has 1 saturated heterocycles. The van der Waals surface area contributed by atoms with Gasteiger partial charge in [0, 0.05) is 35.5 Å². The summed E-state index contributed by atoms with van der Waals surface area (Å²) < 4.78 is 29.1. The zero-order valence-corrected chi connectivity index (χ0v) is 18.2. The molecule has 3 aromatic rings. The van der Waals surface area contributed by atoms with E-state index in [9.17, 15) is 13.6 Å². The molecule has 1 fully saturated rings. The predicted octanol–water partition coefficient (Wildman–Crippen LogP) is 4.36. The van der Waals surface area contributed by atoms with Gasteiger partial charge in [0.2, 0.25) is 0 Å². The van der Waals surface area contributed by atoms with E-state index in [-0.39, 0.29) is 17.9 Å². The molecule has 2 aliphatic rings. The van der Waals surface area contributed by atoms with Crippen molar-refractivity contribution in [1.29, 1.82) is 0 Å². The fraction of sp³-hybridized carbons (Fsp3) is 0.364. The molecule has 1 amide bonds. The number of benzene rings is 1. The number of nitrogens with zero attached hydrogens (tertiary/aromatic N) is 2. The molecule has 2 aliphatic heterocycles. The van der Waals surface area contributed by atoms with E-state index >= 15 is 0 Å². The zero-order valence-electron chi connectivity index (χ0n) is 16.6. The maximum atomic E-state index is 13.8. The van der Waals surface area contributed by atoms with Gasteiger partial charge < -0.3 is 10.6 Å². The van der Waals surface area contributed by atoms with Crippen molar-refractivity contribution in [3.8, 4) is 11.3 Å². The van der Waals surface area contributed by atoms with Crippen molar-refractivity contribution in [2.75, 3.05) is 13.1 Å². The van der Waals surface area contributed by atoms with Crippen LogP contribution < -0.4 is 10.6 Å². The third-order valence-electron chi connectivity index (χ3n) is 6.03. The van der Waals surface area contributed by atoms with E-state index in [1.54, 1.807) is 12.3 Å². The average Bonchev–Trinajstić information content (AvgIpc) is 3.29. The van der Waals surface area contributed by atoms with Crippen LogP contribution in [-0.4, -0.2) is 34.8 Å². The number of amides is 1. The Kier molecular flexibility index (Phi) is 5.54. The highest BCUT2D eigenvalue weighted by Crippen LogP contribution is 2.39. The minimum atomic E-state index is -0.865. The fourth-order valence-electron chi connectivity index (χ4n) is 4.51. The van der Waals surface area contributed by atoms with Gasteiger partial charge in [-0.15, -0.1) is 11.3 Å². The highest BCUT2D eigenvalue weighted by Gasteiger charge is 2.30. The summed E-state index contributed by atoms with van der Waals surface area (Å²) in [6.07, 6.45) is 4.18. The quantitative estimate of drug-likeness (QED) is 0.608. The van der Waals surface area contributed by atoms with Crippen LogP contribution in [0.5, 0.6) is 0 Å². The van der Waals surface area contributed by atoms with Gasteiger partial charge in [0.15, 0.2) is 11.6 Å². The lowest BCUT2D eigenvalue weighted by Gasteiger charge is -2.33. The molecule has 0 saturated carbocycles. The van der Waals surface area contributed by atoms with Gasteiger partial charge in [-0.2, -0.15) is 5.10 Å². The van der Waals surface area contributed by atoms with Crippen LogP contribution in [0, 0.1) is 11.6 Å². The standard InChI is InChI=1S/C22H21ClF2N4OS/c23-15-10-27-29-7-1-2-19-14(21(15)29)9-20(31-19)22(30)28-18-11-26-6-5-13(18)12-3-4-16(24)17(25)8-12/h3-4,8-10,13,18,26H,1-2,5-7,11H2,(H,28,30)/t13-,18+/m0/s1. The number of nitrogens with one attached hydrogen (secondary N) is 2. The maximum absolute atomic E-state index is 13.8. The molecule has 0 spiro atoms. The van der Waals surface area contributed by atoms with Crippen molar-refractivity contribution in [2.45, 2.75) is 37.8 Å². The van der Waals surface area contributed by atoms with Gasteiger partial charge in [-0.1, -0.05) is 17.7 Å². The molecule has 0 bridgehead atoms. The van der Waals surface area contributed by atoms with Gasteiger partial charge in [0.1, 0.15) is 0 Å². The molecule has 31 heavy (non-hydrogen) atoms. The van der Waals surface area contributed by atoms with E-state index in [1.807, 2.05) is 10.7 Å². The first-order valence-electron chi connectivity index (χ1n) is 10.3. The molecule has 5 rings (SSSR count). The molecule has 0 unspecified atom stereocenters. The second-order valence-electron chi connectivity index (χ2n) is 7.97. The molecular formula is C22H21ClF2N4OS. The minimum absolute atomic E-state index is 0.0889. The lowest BCUT2D eigenvalue weighted by molar-refractivity contribution is 0.0928. The summed E-state index contributed by atoms with van der Waals surface area (Å²) >= 11 is 7.85. The van der Waals surface area contributed by atoms with E-state index in [1.165, 1.54) is 17.4 Å². The van der Waals surface area contributed by atoms with E-state index in [2.05, 4.69) is 15.7 Å². The molecule has 0 aliphatic carbocycles. The number of rotatable bonds is 3. The van der Waals surface area contributed by atoms with Crippen LogP contribution in [0.2, 0.25) is 5.02 Å². The van der Waals surface area contributed by atoms with Crippen molar-refractivity contribution in [3.05, 3.63) is 62.4 Å². The van der Waals surface area contributed by atoms with Crippen molar-refractivity contribution in [2.24, 2.45) is 0 Å². The highest BCUT2D eigenvalue weighted by atomic mass is 35.5. The largest absolute Gasteiger partial charge is 0.347 e. The summed E-state index contributed by atoms with van der Waals surface area (Å²) in [5.74, 6) is -1.98. The summed E-state index contributed by atoms with van der Waals surface area (Å²) in [5.41, 5.74) is 2.53. The van der Waals surface area contributed by atoms with Gasteiger partial charge >= 0.3 is 0 Å². The first kappa shape index (κ1) is 20.6. The van der Waals surface area contributed by atoms with Crippen LogP contribution in [0.3, 0.4) is 0 Å². The van der Waals surface area contributed by atoms with Crippen molar-refractivity contribution >= 4 is 28.8 Å². The smallest absolute Gasteiger partial charge is 0.261 e. The monoisotopic (exact) mass is 462 g/mol. The van der Waals surface area contributed by atoms with Crippen LogP contribution >= 0.6 is 22.9 Å². The Morgan fingerprint density at radius 3 is 3.00 bits per heavy atom. The maximum Gasteiger partial charge on any atom is 0.261 e. The number of fused-ring (bicyclic) bond motifs is 3. The lowest BCUT2D eigenvalue weighted by Crippen LogP contribution is -2.49. The van der Waals surface area contributed by atoms with Gasteiger partial charge in [-0.25, -0.2) is 8.78 Å². The van der Waals surface area contributed by atoms with E-state index in [4.69, 9.17) is 11.6 Å². The lowest BCUT2D eigenvalue weighted by atomic mass is 9.86. The Hall–Kier alpha value is -2.29. The molecule has 2 aromatic heterocycles. The van der Waals surface area contributed by atoms with Crippen LogP contribution in [0.15, 0.2) is 30.5 Å². The molecule has 5 nitrogen and oxygen atoms in total. The summed E-state index contributed by atoms with van der Waals surface area (Å²) in [6, 6.07) is 5.66. The third kappa shape index (κ3) is 3.88. The number of aryl methyl sites for hydroxylation is 2. The fourth-order valence-corrected chi connectivity index (χ4v) is 5.86. The van der Waals surface area contributed by atoms with E-state index in [0.717, 1.165) is 54.6 Å². The van der Waals surface area contributed by atoms with Crippen LogP contribution in [0.25, 0.3) is 11.3 Å². The minimum Gasteiger partial charge on any atom is -0.347 e. The Morgan fingerprint density at radius 1 is 1.29 bits per heavy atom. The molecule has 9 heteroatoms. The number of thiophene rings is 1. The molecular weight excluding hydrogens is 442 g/mol. The second-order valence-corrected chi connectivity index (χ2v) is 9.51. The van der Waals surface area contributed by atoms with Gasteiger partial charge in [0.25, 0.3) is 5.91 Å². The van der Waals surface area contributed by atoms with Crippen molar-refractivity contribution < 1.29 is 13.6 Å². The number of hydrogen-bond donors (Lipinski definition) is 2.